The van der Waals surface area contributed by atoms with Crippen molar-refractivity contribution in [1.82, 2.24) is 4.90 Å². The first-order valence-electron chi connectivity index (χ1n) is 7.09. The van der Waals surface area contributed by atoms with Crippen LogP contribution in [0, 0.1) is 0 Å². The number of aliphatic hydroxyl groups is 1. The van der Waals surface area contributed by atoms with E-state index in [2.05, 4.69) is 17.1 Å². The number of aliphatic hydroxyl groups excluding tert-OH is 1. The van der Waals surface area contributed by atoms with E-state index in [1.807, 2.05) is 6.07 Å². The van der Waals surface area contributed by atoms with Crippen LogP contribution in [-0.4, -0.2) is 47.1 Å². The molecular formula is C15H23N3O2S. The maximum atomic E-state index is 11.9. The van der Waals surface area contributed by atoms with E-state index in [-0.39, 0.29) is 12.5 Å². The van der Waals surface area contributed by atoms with Crippen molar-refractivity contribution in [3.05, 3.63) is 29.8 Å². The summed E-state index contributed by atoms with van der Waals surface area (Å²) in [6.07, 6.45) is 1.38. The van der Waals surface area contributed by atoms with Crippen LogP contribution < -0.4 is 11.1 Å². The minimum Gasteiger partial charge on any atom is -0.395 e. The molecule has 0 aliphatic rings. The fraction of sp³-hybridized carbons (Fsp3) is 0.467. The number of rotatable bonds is 9. The molecule has 0 saturated carbocycles. The van der Waals surface area contributed by atoms with E-state index in [0.29, 0.717) is 30.2 Å². The summed E-state index contributed by atoms with van der Waals surface area (Å²) in [7, 11) is 0. The Morgan fingerprint density at radius 1 is 1.38 bits per heavy atom. The van der Waals surface area contributed by atoms with Crippen molar-refractivity contribution in [1.29, 1.82) is 0 Å². The SMILES string of the molecule is CCCN(CCO)CCC(=O)Nc1cccc(C(N)=S)c1. The van der Waals surface area contributed by atoms with Gasteiger partial charge in [0.2, 0.25) is 5.91 Å². The van der Waals surface area contributed by atoms with E-state index in [4.69, 9.17) is 23.1 Å². The number of nitrogens with zero attached hydrogens (tertiary/aromatic N) is 1. The highest BCUT2D eigenvalue weighted by Crippen LogP contribution is 2.11. The van der Waals surface area contributed by atoms with Gasteiger partial charge in [-0.3, -0.25) is 4.79 Å². The van der Waals surface area contributed by atoms with Crippen LogP contribution in [0.1, 0.15) is 25.3 Å². The van der Waals surface area contributed by atoms with Crippen molar-refractivity contribution in [3.8, 4) is 0 Å². The summed E-state index contributed by atoms with van der Waals surface area (Å²) in [5.74, 6) is -0.0610. The van der Waals surface area contributed by atoms with E-state index in [0.717, 1.165) is 18.5 Å². The van der Waals surface area contributed by atoms with Crippen LogP contribution in [0.3, 0.4) is 0 Å². The molecule has 1 rings (SSSR count). The Hall–Kier alpha value is -1.50. The number of carbonyl (C=O) groups excluding carboxylic acids is 1. The number of benzene rings is 1. The largest absolute Gasteiger partial charge is 0.395 e. The molecule has 0 heterocycles. The molecule has 0 radical (unpaired) electrons. The molecule has 1 aromatic rings. The summed E-state index contributed by atoms with van der Waals surface area (Å²) in [5, 5.41) is 11.8. The van der Waals surface area contributed by atoms with Gasteiger partial charge in [0.25, 0.3) is 0 Å². The zero-order valence-electron chi connectivity index (χ0n) is 12.3. The van der Waals surface area contributed by atoms with Gasteiger partial charge in [0, 0.05) is 30.8 Å². The van der Waals surface area contributed by atoms with Crippen molar-refractivity contribution >= 4 is 28.8 Å². The predicted octanol–water partition coefficient (Wildman–Crippen LogP) is 1.35. The summed E-state index contributed by atoms with van der Waals surface area (Å²) in [4.78, 5) is 14.3. The van der Waals surface area contributed by atoms with E-state index in [9.17, 15) is 4.79 Å². The Morgan fingerprint density at radius 3 is 2.76 bits per heavy atom. The van der Waals surface area contributed by atoms with Gasteiger partial charge in [-0.15, -0.1) is 0 Å². The van der Waals surface area contributed by atoms with Gasteiger partial charge in [0.15, 0.2) is 0 Å². The van der Waals surface area contributed by atoms with Crippen LogP contribution in [0.15, 0.2) is 24.3 Å². The molecule has 1 aromatic carbocycles. The van der Waals surface area contributed by atoms with Gasteiger partial charge in [-0.05, 0) is 25.1 Å². The predicted molar refractivity (Wildman–Crippen MR) is 89.4 cm³/mol. The highest BCUT2D eigenvalue weighted by atomic mass is 32.1. The van der Waals surface area contributed by atoms with Crippen molar-refractivity contribution < 1.29 is 9.90 Å². The van der Waals surface area contributed by atoms with E-state index in [1.165, 1.54) is 0 Å². The number of carbonyl (C=O) groups is 1. The fourth-order valence-corrected chi connectivity index (χ4v) is 2.15. The van der Waals surface area contributed by atoms with E-state index < -0.39 is 0 Å². The van der Waals surface area contributed by atoms with Gasteiger partial charge in [-0.2, -0.15) is 0 Å². The molecule has 6 heteroatoms. The van der Waals surface area contributed by atoms with Crippen molar-refractivity contribution in [2.75, 3.05) is 31.6 Å². The van der Waals surface area contributed by atoms with Crippen molar-refractivity contribution in [2.24, 2.45) is 5.73 Å². The molecule has 5 nitrogen and oxygen atoms in total. The molecule has 4 N–H and O–H groups in total. The first-order chi connectivity index (χ1) is 10.1. The molecule has 0 aliphatic carbocycles. The molecule has 0 aromatic heterocycles. The third-order valence-electron chi connectivity index (χ3n) is 3.04. The van der Waals surface area contributed by atoms with Crippen molar-refractivity contribution in [3.63, 3.8) is 0 Å². The smallest absolute Gasteiger partial charge is 0.225 e. The number of anilines is 1. The first-order valence-corrected chi connectivity index (χ1v) is 7.50. The maximum absolute atomic E-state index is 11.9. The number of nitrogens with one attached hydrogen (secondary N) is 1. The Bertz CT molecular complexity index is 474. The lowest BCUT2D eigenvalue weighted by molar-refractivity contribution is -0.116. The zero-order chi connectivity index (χ0) is 15.7. The highest BCUT2D eigenvalue weighted by molar-refractivity contribution is 7.80. The molecule has 0 bridgehead atoms. The number of amides is 1. The molecule has 0 saturated heterocycles. The second-order valence-electron chi connectivity index (χ2n) is 4.81. The van der Waals surface area contributed by atoms with E-state index in [1.54, 1.807) is 18.2 Å². The summed E-state index contributed by atoms with van der Waals surface area (Å²) >= 11 is 4.91. The Morgan fingerprint density at radius 2 is 2.14 bits per heavy atom. The minimum atomic E-state index is -0.0610. The quantitative estimate of drug-likeness (QED) is 0.600. The lowest BCUT2D eigenvalue weighted by Crippen LogP contribution is -2.31. The van der Waals surface area contributed by atoms with Gasteiger partial charge in [-0.1, -0.05) is 31.3 Å². The van der Waals surface area contributed by atoms with Crippen LogP contribution in [0.4, 0.5) is 5.69 Å². The number of hydrogen-bond donors (Lipinski definition) is 3. The Kier molecular flexibility index (Phi) is 7.89. The van der Waals surface area contributed by atoms with Crippen LogP contribution >= 0.6 is 12.2 Å². The molecule has 1 amide bonds. The zero-order valence-corrected chi connectivity index (χ0v) is 13.2. The third kappa shape index (κ3) is 6.66. The minimum absolute atomic E-state index is 0.0610. The average molecular weight is 309 g/mol. The molecule has 0 fully saturated rings. The van der Waals surface area contributed by atoms with Crippen LogP contribution in [0.2, 0.25) is 0 Å². The normalized spacial score (nSPS) is 10.6. The molecule has 21 heavy (non-hydrogen) atoms. The highest BCUT2D eigenvalue weighted by Gasteiger charge is 2.08. The Balaban J connectivity index is 2.49. The first kappa shape index (κ1) is 17.6. The van der Waals surface area contributed by atoms with E-state index >= 15 is 0 Å². The topological polar surface area (TPSA) is 78.6 Å². The average Bonchev–Trinajstić information content (AvgIpc) is 2.45. The summed E-state index contributed by atoms with van der Waals surface area (Å²) < 4.78 is 0. The molecule has 0 aliphatic heterocycles. The summed E-state index contributed by atoms with van der Waals surface area (Å²) in [6, 6.07) is 7.18. The number of thiocarbonyl (C=S) groups is 1. The van der Waals surface area contributed by atoms with Crippen LogP contribution in [-0.2, 0) is 4.79 Å². The standard InChI is InChI=1S/C15H23N3O2S/c1-2-7-18(9-10-19)8-6-14(20)17-13-5-3-4-12(11-13)15(16)21/h3-5,11,19H,2,6-10H2,1H3,(H2,16,21)(H,17,20). The molecule has 0 spiro atoms. The molecule has 116 valence electrons. The molecular weight excluding hydrogens is 286 g/mol. The van der Waals surface area contributed by atoms with Crippen LogP contribution in [0.25, 0.3) is 0 Å². The lowest BCUT2D eigenvalue weighted by Gasteiger charge is -2.20. The monoisotopic (exact) mass is 309 g/mol. The maximum Gasteiger partial charge on any atom is 0.225 e. The third-order valence-corrected chi connectivity index (χ3v) is 3.28. The summed E-state index contributed by atoms with van der Waals surface area (Å²) in [5.41, 5.74) is 6.99. The Labute approximate surface area is 131 Å². The molecule has 0 atom stereocenters. The second-order valence-corrected chi connectivity index (χ2v) is 5.25. The molecule has 0 unspecified atom stereocenters. The van der Waals surface area contributed by atoms with Gasteiger partial charge < -0.3 is 21.1 Å². The second kappa shape index (κ2) is 9.44. The number of nitrogens with two attached hydrogens (primary N) is 1. The van der Waals surface area contributed by atoms with Gasteiger partial charge in [-0.25, -0.2) is 0 Å². The van der Waals surface area contributed by atoms with Gasteiger partial charge in [0.05, 0.1) is 6.61 Å². The van der Waals surface area contributed by atoms with Gasteiger partial charge >= 0.3 is 0 Å². The lowest BCUT2D eigenvalue weighted by atomic mass is 10.2. The number of hydrogen-bond acceptors (Lipinski definition) is 4. The summed E-state index contributed by atoms with van der Waals surface area (Å²) in [6.45, 7) is 4.29. The van der Waals surface area contributed by atoms with Gasteiger partial charge in [0.1, 0.15) is 4.99 Å². The van der Waals surface area contributed by atoms with Crippen molar-refractivity contribution in [2.45, 2.75) is 19.8 Å². The fourth-order valence-electron chi connectivity index (χ4n) is 2.03. The van der Waals surface area contributed by atoms with Crippen LogP contribution in [0.5, 0.6) is 0 Å².